The summed E-state index contributed by atoms with van der Waals surface area (Å²) in [5, 5.41) is 0. The molecule has 0 radical (unpaired) electrons. The Bertz CT molecular complexity index is 115. The van der Waals surface area contributed by atoms with E-state index < -0.39 is 0 Å². The smallest absolute Gasteiger partial charge is 0.158 e. The standard InChI is InChI=1S/C10H20O2/c1-4-5-6-10-11-8(2)7-9(3)12-10/h8-10H,4-7H2,1-3H3. The Kier molecular flexibility index (Phi) is 4.02. The van der Waals surface area contributed by atoms with Crippen LogP contribution in [0.2, 0.25) is 0 Å². The van der Waals surface area contributed by atoms with E-state index in [2.05, 4.69) is 20.8 Å². The molecule has 1 rings (SSSR count). The van der Waals surface area contributed by atoms with Crippen LogP contribution in [0.4, 0.5) is 0 Å². The van der Waals surface area contributed by atoms with Crippen molar-refractivity contribution in [3.63, 3.8) is 0 Å². The summed E-state index contributed by atoms with van der Waals surface area (Å²) in [5.41, 5.74) is 0. The summed E-state index contributed by atoms with van der Waals surface area (Å²) < 4.78 is 11.3. The van der Waals surface area contributed by atoms with Crippen molar-refractivity contribution in [2.75, 3.05) is 0 Å². The Morgan fingerprint density at radius 2 is 1.75 bits per heavy atom. The highest BCUT2D eigenvalue weighted by Gasteiger charge is 2.23. The molecule has 1 fully saturated rings. The van der Waals surface area contributed by atoms with Gasteiger partial charge in [0.1, 0.15) is 0 Å². The van der Waals surface area contributed by atoms with Crippen molar-refractivity contribution in [2.45, 2.75) is 65.0 Å². The Morgan fingerprint density at radius 3 is 2.25 bits per heavy atom. The first-order chi connectivity index (χ1) is 5.72. The van der Waals surface area contributed by atoms with Gasteiger partial charge >= 0.3 is 0 Å². The van der Waals surface area contributed by atoms with Gasteiger partial charge in [-0.2, -0.15) is 0 Å². The van der Waals surface area contributed by atoms with Crippen molar-refractivity contribution in [3.05, 3.63) is 0 Å². The van der Waals surface area contributed by atoms with Crippen LogP contribution >= 0.6 is 0 Å². The summed E-state index contributed by atoms with van der Waals surface area (Å²) in [7, 11) is 0. The molecule has 0 bridgehead atoms. The van der Waals surface area contributed by atoms with Crippen LogP contribution in [0.5, 0.6) is 0 Å². The molecule has 0 aromatic heterocycles. The van der Waals surface area contributed by atoms with Crippen LogP contribution < -0.4 is 0 Å². The van der Waals surface area contributed by atoms with E-state index in [1.165, 1.54) is 12.8 Å². The normalized spacial score (nSPS) is 36.8. The van der Waals surface area contributed by atoms with Crippen molar-refractivity contribution >= 4 is 0 Å². The van der Waals surface area contributed by atoms with Gasteiger partial charge in [-0.15, -0.1) is 0 Å². The average molecular weight is 172 g/mol. The summed E-state index contributed by atoms with van der Waals surface area (Å²) in [4.78, 5) is 0. The van der Waals surface area contributed by atoms with Gasteiger partial charge in [-0.05, 0) is 33.1 Å². The molecule has 1 heterocycles. The van der Waals surface area contributed by atoms with Gasteiger partial charge in [-0.1, -0.05) is 13.3 Å². The minimum absolute atomic E-state index is 0.0590. The molecule has 1 aliphatic heterocycles. The van der Waals surface area contributed by atoms with Gasteiger partial charge in [0, 0.05) is 0 Å². The molecule has 1 aliphatic rings. The lowest BCUT2D eigenvalue weighted by atomic mass is 10.1. The van der Waals surface area contributed by atoms with E-state index >= 15 is 0 Å². The first-order valence-corrected chi connectivity index (χ1v) is 5.03. The zero-order valence-electron chi connectivity index (χ0n) is 8.38. The topological polar surface area (TPSA) is 18.5 Å². The molecule has 0 N–H and O–H groups in total. The largest absolute Gasteiger partial charge is 0.350 e. The molecule has 0 saturated carbocycles. The fraction of sp³-hybridized carbons (Fsp3) is 1.00. The molecular weight excluding hydrogens is 152 g/mol. The van der Waals surface area contributed by atoms with Crippen molar-refractivity contribution in [2.24, 2.45) is 0 Å². The fourth-order valence-corrected chi connectivity index (χ4v) is 1.64. The van der Waals surface area contributed by atoms with E-state index in [9.17, 15) is 0 Å². The first-order valence-electron chi connectivity index (χ1n) is 5.03. The second kappa shape index (κ2) is 4.83. The third kappa shape index (κ3) is 3.11. The molecular formula is C10H20O2. The Balaban J connectivity index is 2.24. The van der Waals surface area contributed by atoms with Crippen LogP contribution in [0.15, 0.2) is 0 Å². The van der Waals surface area contributed by atoms with Crippen molar-refractivity contribution in [1.29, 1.82) is 0 Å². The van der Waals surface area contributed by atoms with Gasteiger partial charge in [-0.25, -0.2) is 0 Å². The molecule has 2 unspecified atom stereocenters. The second-order valence-electron chi connectivity index (χ2n) is 3.70. The van der Waals surface area contributed by atoms with Crippen LogP contribution in [0.3, 0.4) is 0 Å². The Labute approximate surface area is 75.2 Å². The van der Waals surface area contributed by atoms with Crippen molar-refractivity contribution in [3.8, 4) is 0 Å². The van der Waals surface area contributed by atoms with Crippen LogP contribution in [-0.4, -0.2) is 18.5 Å². The highest BCUT2D eigenvalue weighted by molar-refractivity contribution is 4.65. The summed E-state index contributed by atoms with van der Waals surface area (Å²) >= 11 is 0. The molecule has 0 aromatic rings. The van der Waals surface area contributed by atoms with E-state index in [1.54, 1.807) is 0 Å². The van der Waals surface area contributed by atoms with Gasteiger partial charge in [0.25, 0.3) is 0 Å². The summed E-state index contributed by atoms with van der Waals surface area (Å²) in [5.74, 6) is 0. The zero-order chi connectivity index (χ0) is 8.97. The van der Waals surface area contributed by atoms with Crippen LogP contribution in [0, 0.1) is 0 Å². The highest BCUT2D eigenvalue weighted by atomic mass is 16.7. The van der Waals surface area contributed by atoms with E-state index in [4.69, 9.17) is 9.47 Å². The molecule has 0 amide bonds. The van der Waals surface area contributed by atoms with Crippen LogP contribution in [0.25, 0.3) is 0 Å². The zero-order valence-corrected chi connectivity index (χ0v) is 8.38. The predicted molar refractivity (Wildman–Crippen MR) is 49.0 cm³/mol. The second-order valence-corrected chi connectivity index (χ2v) is 3.70. The molecule has 0 spiro atoms. The third-order valence-electron chi connectivity index (χ3n) is 2.23. The number of unbranched alkanes of at least 4 members (excludes halogenated alkanes) is 1. The number of rotatable bonds is 3. The summed E-state index contributed by atoms with van der Waals surface area (Å²) in [6.45, 7) is 6.44. The fourth-order valence-electron chi connectivity index (χ4n) is 1.64. The lowest BCUT2D eigenvalue weighted by molar-refractivity contribution is -0.236. The van der Waals surface area contributed by atoms with E-state index in [1.807, 2.05) is 0 Å². The minimum atomic E-state index is 0.0590. The maximum Gasteiger partial charge on any atom is 0.158 e. The molecule has 2 heteroatoms. The summed E-state index contributed by atoms with van der Waals surface area (Å²) in [6, 6.07) is 0. The minimum Gasteiger partial charge on any atom is -0.350 e. The quantitative estimate of drug-likeness (QED) is 0.651. The Morgan fingerprint density at radius 1 is 1.17 bits per heavy atom. The first kappa shape index (κ1) is 10.0. The van der Waals surface area contributed by atoms with Gasteiger partial charge in [0.2, 0.25) is 0 Å². The Hall–Kier alpha value is -0.0800. The van der Waals surface area contributed by atoms with Gasteiger partial charge in [0.15, 0.2) is 6.29 Å². The third-order valence-corrected chi connectivity index (χ3v) is 2.23. The van der Waals surface area contributed by atoms with Gasteiger partial charge < -0.3 is 9.47 Å². The van der Waals surface area contributed by atoms with Crippen LogP contribution in [0.1, 0.15) is 46.5 Å². The number of ether oxygens (including phenoxy) is 2. The van der Waals surface area contributed by atoms with Crippen LogP contribution in [-0.2, 0) is 9.47 Å². The van der Waals surface area contributed by atoms with Gasteiger partial charge in [-0.3, -0.25) is 0 Å². The molecule has 0 aromatic carbocycles. The number of hydrogen-bond donors (Lipinski definition) is 0. The maximum absolute atomic E-state index is 5.64. The van der Waals surface area contributed by atoms with Gasteiger partial charge in [0.05, 0.1) is 12.2 Å². The van der Waals surface area contributed by atoms with E-state index in [-0.39, 0.29) is 6.29 Å². The predicted octanol–water partition coefficient (Wildman–Crippen LogP) is 2.72. The summed E-state index contributed by atoms with van der Waals surface area (Å²) in [6.07, 6.45) is 5.29. The monoisotopic (exact) mass is 172 g/mol. The van der Waals surface area contributed by atoms with Crippen molar-refractivity contribution in [1.82, 2.24) is 0 Å². The maximum atomic E-state index is 5.64. The van der Waals surface area contributed by atoms with E-state index in [0.29, 0.717) is 12.2 Å². The molecule has 2 nitrogen and oxygen atoms in total. The lowest BCUT2D eigenvalue weighted by Gasteiger charge is -2.32. The number of hydrogen-bond acceptors (Lipinski definition) is 2. The van der Waals surface area contributed by atoms with Crippen molar-refractivity contribution < 1.29 is 9.47 Å². The van der Waals surface area contributed by atoms with E-state index in [0.717, 1.165) is 12.8 Å². The SMILES string of the molecule is CCCCC1OC(C)CC(C)O1. The molecule has 72 valence electrons. The lowest BCUT2D eigenvalue weighted by Crippen LogP contribution is -2.35. The molecule has 2 atom stereocenters. The highest BCUT2D eigenvalue weighted by Crippen LogP contribution is 2.20. The average Bonchev–Trinajstić information content (AvgIpc) is 1.99. The molecule has 1 saturated heterocycles. The molecule has 0 aliphatic carbocycles. The molecule has 12 heavy (non-hydrogen) atoms.